The number of nitrogens with two attached hydrogens (primary N) is 2. The Morgan fingerprint density at radius 1 is 1.21 bits per heavy atom. The zero-order valence-corrected chi connectivity index (χ0v) is 22.1. The van der Waals surface area contributed by atoms with Crippen LogP contribution in [0.1, 0.15) is 21.6 Å². The smallest absolute Gasteiger partial charge is 0.251 e. The first-order chi connectivity index (χ1) is 17.2. The van der Waals surface area contributed by atoms with E-state index in [9.17, 15) is 32.9 Å². The zero-order valence-electron chi connectivity index (χ0n) is 21.3. The van der Waals surface area contributed by atoms with Crippen LogP contribution in [0.3, 0.4) is 0 Å². The number of benzene rings is 1. The number of aliphatic carboxylic acids is 1. The monoisotopic (exact) mass is 567 g/mol. The van der Waals surface area contributed by atoms with Crippen LogP contribution in [-0.2, 0) is 27.9 Å². The van der Waals surface area contributed by atoms with Gasteiger partial charge in [-0.15, -0.1) is 0 Å². The van der Waals surface area contributed by atoms with Crippen molar-refractivity contribution >= 4 is 50.6 Å². The molecule has 3 aromatic rings. The van der Waals surface area contributed by atoms with Gasteiger partial charge in [-0.25, -0.2) is 23.4 Å². The lowest BCUT2D eigenvalue weighted by Gasteiger charge is -2.45. The number of anilines is 3. The molecule has 0 aliphatic carbocycles. The third-order valence-electron chi connectivity index (χ3n) is 5.64. The Labute approximate surface area is 222 Å². The van der Waals surface area contributed by atoms with Crippen molar-refractivity contribution in [3.05, 3.63) is 46.4 Å². The second kappa shape index (κ2) is 11.2. The van der Waals surface area contributed by atoms with Gasteiger partial charge < -0.3 is 48.7 Å². The molecule has 0 fully saturated rings. The summed E-state index contributed by atoms with van der Waals surface area (Å²) in [6, 6.07) is 2.31. The Bertz CT molecular complexity index is 1520. The molecule has 1 aliphatic heterocycles. The van der Waals surface area contributed by atoms with E-state index < -0.39 is 38.5 Å². The number of hydrogen-bond donors (Lipinski definition) is 5. The number of nitrogen functional groups attached to an aromatic ring is 2. The lowest BCUT2D eigenvalue weighted by atomic mass is 10.1. The van der Waals surface area contributed by atoms with Crippen LogP contribution in [0.15, 0.2) is 24.4 Å². The summed E-state index contributed by atoms with van der Waals surface area (Å²) in [5, 5.41) is 28.2. The van der Waals surface area contributed by atoms with Crippen molar-refractivity contribution in [2.24, 2.45) is 0 Å². The highest BCUT2D eigenvalue weighted by molar-refractivity contribution is 7.85. The summed E-state index contributed by atoms with van der Waals surface area (Å²) in [6.07, 6.45) is 1.79. The summed E-state index contributed by atoms with van der Waals surface area (Å²) in [7, 11) is -3.51. The summed E-state index contributed by atoms with van der Waals surface area (Å²) in [6.45, 7) is 0.185. The number of hydroxylamine groups is 2. The van der Waals surface area contributed by atoms with E-state index in [4.69, 9.17) is 11.5 Å². The number of amides is 1. The van der Waals surface area contributed by atoms with E-state index >= 15 is 0 Å². The minimum absolute atomic E-state index is 0. The van der Waals surface area contributed by atoms with Crippen LogP contribution in [0.5, 0.6) is 0 Å². The topological polar surface area (TPSA) is 329 Å². The van der Waals surface area contributed by atoms with Gasteiger partial charge in [0.05, 0.1) is 53.4 Å². The second-order valence-electron chi connectivity index (χ2n) is 8.50. The number of aromatic nitrogens is 4. The van der Waals surface area contributed by atoms with Crippen LogP contribution in [0, 0.1) is 5.21 Å². The molecule has 4 rings (SSSR count). The van der Waals surface area contributed by atoms with Gasteiger partial charge >= 0.3 is 0 Å². The Kier molecular flexibility index (Phi) is 8.91. The maximum Gasteiger partial charge on any atom is 0.251 e. The number of nitrogens with one attached hydrogen (secondary N) is 1. The van der Waals surface area contributed by atoms with E-state index in [1.165, 1.54) is 31.4 Å². The molecule has 1 aliphatic rings. The summed E-state index contributed by atoms with van der Waals surface area (Å²) >= 11 is 0. The highest BCUT2D eigenvalue weighted by Crippen LogP contribution is 2.33. The molecule has 212 valence electrons. The van der Waals surface area contributed by atoms with Crippen LogP contribution in [0.4, 0.5) is 17.5 Å². The van der Waals surface area contributed by atoms with Gasteiger partial charge in [0.15, 0.2) is 17.0 Å². The largest absolute Gasteiger partial charge is 0.748 e. The molecule has 19 heteroatoms. The lowest BCUT2D eigenvalue weighted by Crippen LogP contribution is -2.52. The van der Waals surface area contributed by atoms with E-state index in [0.717, 1.165) is 0 Å². The lowest BCUT2D eigenvalue weighted by molar-refractivity contribution is -0.883. The maximum atomic E-state index is 13.6. The van der Waals surface area contributed by atoms with Crippen molar-refractivity contribution in [1.29, 1.82) is 0 Å². The normalized spacial score (nSPS) is 14.9. The van der Waals surface area contributed by atoms with E-state index in [1.54, 1.807) is 5.01 Å². The number of carbonyl (C=O) groups is 2. The Morgan fingerprint density at radius 3 is 2.54 bits per heavy atom. The van der Waals surface area contributed by atoms with Crippen molar-refractivity contribution in [2.75, 3.05) is 35.8 Å². The maximum absolute atomic E-state index is 13.6. The average Bonchev–Trinajstić information content (AvgIpc) is 3.22. The molecule has 2 aromatic heterocycles. The fraction of sp³-hybridized carbons (Fsp3) is 0.300. The Balaban J connectivity index is 0.00000267. The Hall–Kier alpha value is -4.27. The quantitative estimate of drug-likeness (QED) is 0.113. The molecule has 18 nitrogen and oxygen atoms in total. The van der Waals surface area contributed by atoms with Gasteiger partial charge in [-0.1, -0.05) is 0 Å². The number of quaternary nitrogens is 3. The fourth-order valence-electron chi connectivity index (χ4n) is 4.02. The van der Waals surface area contributed by atoms with Gasteiger partial charge in [0.1, 0.15) is 12.2 Å². The van der Waals surface area contributed by atoms with Crippen molar-refractivity contribution < 1.29 is 32.4 Å². The number of carboxylic acid groups (broad SMARTS) is 1. The van der Waals surface area contributed by atoms with Crippen molar-refractivity contribution in [3.8, 4) is 0 Å². The molecule has 1 amide bonds. The number of fused-ring (bicyclic) bond motifs is 2. The molecule has 2 atom stereocenters. The number of hydrogen-bond acceptors (Lipinski definition) is 14. The predicted molar refractivity (Wildman–Crippen MR) is 137 cm³/mol. The molecule has 0 radical (unpaired) electrons. The first-order valence-corrected chi connectivity index (χ1v) is 12.3. The van der Waals surface area contributed by atoms with Gasteiger partial charge in [-0.3, -0.25) is 9.55 Å². The van der Waals surface area contributed by atoms with Crippen molar-refractivity contribution in [2.45, 2.75) is 19.0 Å². The third-order valence-corrected chi connectivity index (χ3v) is 6.38. The van der Waals surface area contributed by atoms with Gasteiger partial charge in [-0.05, 0) is 30.2 Å². The first kappa shape index (κ1) is 31.0. The summed E-state index contributed by atoms with van der Waals surface area (Å²) in [5.74, 6) is -4.19. The van der Waals surface area contributed by atoms with E-state index in [2.05, 4.69) is 19.9 Å². The van der Waals surface area contributed by atoms with Crippen LogP contribution < -0.4 is 39.2 Å². The van der Waals surface area contributed by atoms with Crippen LogP contribution in [0.2, 0.25) is 0 Å². The molecule has 1 aromatic carbocycles. The zero-order chi connectivity index (χ0) is 27.1. The average molecular weight is 568 g/mol. The molecule has 0 bridgehead atoms. The van der Waals surface area contributed by atoms with Crippen LogP contribution in [0.25, 0.3) is 11.2 Å². The number of carbonyl (C=O) groups excluding carboxylic acids is 2. The molecular weight excluding hydrogens is 538 g/mol. The predicted octanol–water partition coefficient (Wildman–Crippen LogP) is -1.85. The van der Waals surface area contributed by atoms with Gasteiger partial charge in [0, 0.05) is 5.56 Å². The summed E-state index contributed by atoms with van der Waals surface area (Å²) in [4.78, 5) is 39.9. The van der Waals surface area contributed by atoms with Gasteiger partial charge in [0.25, 0.3) is 5.91 Å². The van der Waals surface area contributed by atoms with Crippen LogP contribution >= 0.6 is 0 Å². The van der Waals surface area contributed by atoms with Crippen molar-refractivity contribution in [3.63, 3.8) is 0 Å². The van der Waals surface area contributed by atoms with E-state index in [1.807, 2.05) is 5.32 Å². The SMILES string of the molecule is C[N+]([O-])(Cc1cnc2nc(N)nc(N)c2n1)N1CCc2cc(C(=O)N[C@@H](CS(=O)(=O)[O-])C(=O)[O-])ccc21.[NH4+].[NH4+]. The minimum atomic E-state index is -4.93. The summed E-state index contributed by atoms with van der Waals surface area (Å²) < 4.78 is 31.8. The molecule has 13 N–H and O–H groups in total. The number of carboxylic acids is 1. The van der Waals surface area contributed by atoms with Crippen LogP contribution in [-0.4, -0.2) is 74.9 Å². The van der Waals surface area contributed by atoms with Gasteiger partial charge in [0.2, 0.25) is 5.95 Å². The highest BCUT2D eigenvalue weighted by atomic mass is 32.2. The second-order valence-corrected chi connectivity index (χ2v) is 9.94. The fourth-order valence-corrected chi connectivity index (χ4v) is 4.65. The molecule has 0 saturated heterocycles. The number of nitrogens with zero attached hydrogens (tertiary/aromatic N) is 6. The van der Waals surface area contributed by atoms with Crippen molar-refractivity contribution in [1.82, 2.24) is 37.6 Å². The Morgan fingerprint density at radius 2 is 1.90 bits per heavy atom. The number of rotatable bonds is 8. The summed E-state index contributed by atoms with van der Waals surface area (Å²) in [5.41, 5.74) is 13.3. The molecule has 3 heterocycles. The first-order valence-electron chi connectivity index (χ1n) is 10.7. The highest BCUT2D eigenvalue weighted by Gasteiger charge is 2.31. The molecule has 1 unspecified atom stereocenters. The third kappa shape index (κ3) is 6.79. The molecule has 0 saturated carbocycles. The minimum Gasteiger partial charge on any atom is -0.748 e. The van der Waals surface area contributed by atoms with E-state index in [-0.39, 0.29) is 47.3 Å². The standard InChI is InChI=1S/C20H23N9O7S.2H3N/c1-29(33,8-12-7-23-17-15(24-12)16(21)26-20(22)27-17)28-5-4-10-6-11(2-3-14(10)28)18(30)25-13(19(31)32)9-37(34,35)36;;/h2-3,6-7,13H,4-5,8-9H2,1H3,(H,25,30)(H,31,32)(H,34,35,36)(H4,21,22,23,26,27);2*1H3/t13-,29?;;/m0../s1. The molecular formula is C20H29N11O7S. The molecule has 39 heavy (non-hydrogen) atoms. The van der Waals surface area contributed by atoms with E-state index in [0.29, 0.717) is 29.9 Å². The van der Waals surface area contributed by atoms with Gasteiger partial charge in [-0.2, -0.15) is 9.97 Å². The molecule has 0 spiro atoms.